The predicted molar refractivity (Wildman–Crippen MR) is 70.9 cm³/mol. The van der Waals surface area contributed by atoms with Crippen molar-refractivity contribution in [2.75, 3.05) is 11.9 Å². The summed E-state index contributed by atoms with van der Waals surface area (Å²) >= 11 is 3.30. The summed E-state index contributed by atoms with van der Waals surface area (Å²) in [7, 11) is 0. The van der Waals surface area contributed by atoms with Crippen LogP contribution in [-0.4, -0.2) is 23.5 Å². The fraction of sp³-hybridized carbons (Fsp3) is 0.500. The van der Waals surface area contributed by atoms with E-state index < -0.39 is 0 Å². The molecule has 1 aromatic heterocycles. The second-order valence-electron chi connectivity index (χ2n) is 4.26. The monoisotopic (exact) mass is 297 g/mol. The Kier molecular flexibility index (Phi) is 4.12. The van der Waals surface area contributed by atoms with Gasteiger partial charge in [-0.2, -0.15) is 0 Å². The number of rotatable bonds is 2. The fourth-order valence-corrected chi connectivity index (χ4v) is 2.36. The van der Waals surface area contributed by atoms with E-state index in [0.717, 1.165) is 41.8 Å². The molecule has 0 spiro atoms. The number of piperidine rings is 1. The molecule has 2 rings (SSSR count). The third kappa shape index (κ3) is 3.26. The van der Waals surface area contributed by atoms with Crippen molar-refractivity contribution in [1.82, 2.24) is 10.3 Å². The second-order valence-corrected chi connectivity index (χ2v) is 5.07. The van der Waals surface area contributed by atoms with Crippen molar-refractivity contribution < 1.29 is 4.79 Å². The van der Waals surface area contributed by atoms with E-state index in [2.05, 4.69) is 31.5 Å². The topological polar surface area (TPSA) is 54.0 Å². The highest BCUT2D eigenvalue weighted by Crippen LogP contribution is 2.17. The van der Waals surface area contributed by atoms with Crippen LogP contribution >= 0.6 is 15.9 Å². The lowest BCUT2D eigenvalue weighted by molar-refractivity contribution is -0.118. The molecule has 17 heavy (non-hydrogen) atoms. The van der Waals surface area contributed by atoms with Crippen molar-refractivity contribution in [2.45, 2.75) is 32.2 Å². The molecule has 0 aliphatic carbocycles. The molecule has 1 aliphatic heterocycles. The zero-order valence-corrected chi connectivity index (χ0v) is 11.4. The van der Waals surface area contributed by atoms with Crippen LogP contribution in [0.15, 0.2) is 16.7 Å². The number of carbonyl (C=O) groups is 1. The van der Waals surface area contributed by atoms with Crippen LogP contribution in [0.3, 0.4) is 0 Å². The number of nitrogens with zero attached hydrogens (tertiary/aromatic N) is 1. The van der Waals surface area contributed by atoms with Gasteiger partial charge in [0.2, 0.25) is 5.91 Å². The van der Waals surface area contributed by atoms with Crippen LogP contribution in [-0.2, 0) is 4.79 Å². The molecule has 1 saturated heterocycles. The van der Waals surface area contributed by atoms with Crippen molar-refractivity contribution in [2.24, 2.45) is 0 Å². The highest BCUT2D eigenvalue weighted by atomic mass is 79.9. The summed E-state index contributed by atoms with van der Waals surface area (Å²) in [5.41, 5.74) is 1.61. The zero-order valence-electron chi connectivity index (χ0n) is 9.79. The van der Waals surface area contributed by atoms with E-state index in [1.54, 1.807) is 0 Å². The summed E-state index contributed by atoms with van der Waals surface area (Å²) in [4.78, 5) is 16.2. The minimum absolute atomic E-state index is 0.0388. The highest BCUT2D eigenvalue weighted by molar-refractivity contribution is 9.10. The Morgan fingerprint density at radius 2 is 2.35 bits per heavy atom. The molecule has 0 bridgehead atoms. The lowest BCUT2D eigenvalue weighted by Gasteiger charge is -2.22. The third-order valence-electron chi connectivity index (χ3n) is 2.94. The molecular weight excluding hydrogens is 282 g/mol. The van der Waals surface area contributed by atoms with Crippen molar-refractivity contribution in [3.63, 3.8) is 0 Å². The number of hydrogen-bond acceptors (Lipinski definition) is 3. The molecule has 1 atom stereocenters. The Bertz CT molecular complexity index is 416. The average molecular weight is 298 g/mol. The summed E-state index contributed by atoms with van der Waals surface area (Å²) in [6.07, 6.45) is 3.18. The first-order valence-electron chi connectivity index (χ1n) is 5.84. The van der Waals surface area contributed by atoms with E-state index in [1.165, 1.54) is 0 Å². The Morgan fingerprint density at radius 1 is 1.53 bits per heavy atom. The number of aromatic nitrogens is 1. The van der Waals surface area contributed by atoms with Crippen LogP contribution in [0, 0.1) is 6.92 Å². The molecule has 0 aromatic carbocycles. The quantitative estimate of drug-likeness (QED) is 0.823. The van der Waals surface area contributed by atoms with Gasteiger partial charge in [0.1, 0.15) is 4.60 Å². The Labute approximate surface area is 109 Å². The van der Waals surface area contributed by atoms with E-state index in [9.17, 15) is 4.79 Å². The van der Waals surface area contributed by atoms with Crippen LogP contribution in [0.25, 0.3) is 0 Å². The van der Waals surface area contributed by atoms with Crippen LogP contribution in [0.4, 0.5) is 5.69 Å². The number of amides is 1. The molecule has 92 valence electrons. The first-order chi connectivity index (χ1) is 8.16. The molecule has 5 heteroatoms. The maximum Gasteiger partial charge on any atom is 0.241 e. The number of hydrogen-bond donors (Lipinski definition) is 2. The largest absolute Gasteiger partial charge is 0.323 e. The van der Waals surface area contributed by atoms with Gasteiger partial charge in [-0.05, 0) is 54.4 Å². The van der Waals surface area contributed by atoms with Crippen LogP contribution in [0.2, 0.25) is 0 Å². The van der Waals surface area contributed by atoms with Gasteiger partial charge in [-0.15, -0.1) is 0 Å². The summed E-state index contributed by atoms with van der Waals surface area (Å²) in [6, 6.07) is 3.64. The van der Waals surface area contributed by atoms with Gasteiger partial charge in [0, 0.05) is 0 Å². The fourth-order valence-electron chi connectivity index (χ4n) is 1.96. The molecule has 2 heterocycles. The normalized spacial score (nSPS) is 20.0. The maximum absolute atomic E-state index is 12.0. The lowest BCUT2D eigenvalue weighted by atomic mass is 10.0. The average Bonchev–Trinajstić information content (AvgIpc) is 2.34. The van der Waals surface area contributed by atoms with Gasteiger partial charge in [-0.3, -0.25) is 4.79 Å². The van der Waals surface area contributed by atoms with E-state index in [0.29, 0.717) is 0 Å². The highest BCUT2D eigenvalue weighted by Gasteiger charge is 2.20. The van der Waals surface area contributed by atoms with Crippen LogP contribution < -0.4 is 10.6 Å². The van der Waals surface area contributed by atoms with Gasteiger partial charge in [-0.1, -0.05) is 6.42 Å². The number of carbonyl (C=O) groups excluding carboxylic acids is 1. The Balaban J connectivity index is 2.02. The van der Waals surface area contributed by atoms with Gasteiger partial charge in [-0.25, -0.2) is 4.98 Å². The molecule has 1 fully saturated rings. The lowest BCUT2D eigenvalue weighted by Crippen LogP contribution is -2.43. The molecule has 2 N–H and O–H groups in total. The number of pyridine rings is 1. The Morgan fingerprint density at radius 3 is 3.00 bits per heavy atom. The molecular formula is C12H16BrN3O. The minimum Gasteiger partial charge on any atom is -0.323 e. The third-order valence-corrected chi connectivity index (χ3v) is 3.38. The van der Waals surface area contributed by atoms with Gasteiger partial charge >= 0.3 is 0 Å². The van der Waals surface area contributed by atoms with E-state index in [-0.39, 0.29) is 11.9 Å². The van der Waals surface area contributed by atoms with Gasteiger partial charge in [0.05, 0.1) is 17.4 Å². The van der Waals surface area contributed by atoms with E-state index in [1.807, 2.05) is 19.1 Å². The molecule has 1 aromatic rings. The standard InChI is InChI=1S/C12H16BrN3O/c1-8-9(5-6-11(13)15-8)16-12(17)10-4-2-3-7-14-10/h5-6,10,14H,2-4,7H2,1H3,(H,16,17). The molecule has 1 amide bonds. The van der Waals surface area contributed by atoms with E-state index >= 15 is 0 Å². The number of nitrogens with one attached hydrogen (secondary N) is 2. The maximum atomic E-state index is 12.0. The number of halogens is 1. The van der Waals surface area contributed by atoms with Crippen molar-refractivity contribution in [3.05, 3.63) is 22.4 Å². The zero-order chi connectivity index (χ0) is 12.3. The second kappa shape index (κ2) is 5.60. The molecule has 0 radical (unpaired) electrons. The summed E-state index contributed by atoms with van der Waals surface area (Å²) in [6.45, 7) is 2.81. The molecule has 1 aliphatic rings. The van der Waals surface area contributed by atoms with Crippen LogP contribution in [0.1, 0.15) is 25.0 Å². The molecule has 4 nitrogen and oxygen atoms in total. The van der Waals surface area contributed by atoms with Crippen molar-refractivity contribution in [1.29, 1.82) is 0 Å². The smallest absolute Gasteiger partial charge is 0.241 e. The van der Waals surface area contributed by atoms with Crippen LogP contribution in [0.5, 0.6) is 0 Å². The van der Waals surface area contributed by atoms with Gasteiger partial charge in [0.15, 0.2) is 0 Å². The minimum atomic E-state index is -0.0632. The summed E-state index contributed by atoms with van der Waals surface area (Å²) in [5.74, 6) is 0.0388. The summed E-state index contributed by atoms with van der Waals surface area (Å²) in [5, 5.41) is 6.15. The van der Waals surface area contributed by atoms with Gasteiger partial charge in [0.25, 0.3) is 0 Å². The van der Waals surface area contributed by atoms with E-state index in [4.69, 9.17) is 0 Å². The predicted octanol–water partition coefficient (Wildman–Crippen LogP) is 2.23. The Hall–Kier alpha value is -0.940. The first-order valence-corrected chi connectivity index (χ1v) is 6.63. The van der Waals surface area contributed by atoms with Crippen molar-refractivity contribution >= 4 is 27.5 Å². The number of aryl methyl sites for hydroxylation is 1. The first kappa shape index (κ1) is 12.5. The number of anilines is 1. The van der Waals surface area contributed by atoms with Crippen molar-refractivity contribution in [3.8, 4) is 0 Å². The summed E-state index contributed by atoms with van der Waals surface area (Å²) < 4.78 is 0.781. The molecule has 1 unspecified atom stereocenters. The van der Waals surface area contributed by atoms with Gasteiger partial charge < -0.3 is 10.6 Å². The SMILES string of the molecule is Cc1nc(Br)ccc1NC(=O)C1CCCCN1. The molecule has 0 saturated carbocycles.